The molecule has 0 bridgehead atoms. The van der Waals surface area contributed by atoms with Crippen LogP contribution in [-0.4, -0.2) is 75.4 Å². The van der Waals surface area contributed by atoms with Crippen molar-refractivity contribution in [1.82, 2.24) is 29.5 Å². The Morgan fingerprint density at radius 1 is 1.03 bits per heavy atom. The Morgan fingerprint density at radius 2 is 1.89 bits per heavy atom. The standard InChI is InChI=1S/C24H28N8O3/c1-33-18-6-8-19(9-7-18)35-15-16-4-5-17-14-31(11-10-30(17)13-16)23-27-22(25)32-24(28-23)26-21(29-32)20-3-2-12-34-20/h2-3,6-9,12,16-17H,4-5,10-11,13-15H2,1H3,(H2,25,26,27,28,29)/t16-,17-/m0/s1. The van der Waals surface area contributed by atoms with Gasteiger partial charge < -0.3 is 24.5 Å². The number of anilines is 2. The molecule has 4 aromatic rings. The molecule has 2 atom stereocenters. The first-order valence-electron chi connectivity index (χ1n) is 11.9. The van der Waals surface area contributed by atoms with Crippen molar-refractivity contribution in [3.63, 3.8) is 0 Å². The normalized spacial score (nSPS) is 20.7. The van der Waals surface area contributed by atoms with Crippen LogP contribution in [0.25, 0.3) is 17.4 Å². The second-order valence-corrected chi connectivity index (χ2v) is 9.03. The first-order valence-corrected chi connectivity index (χ1v) is 11.9. The molecule has 35 heavy (non-hydrogen) atoms. The summed E-state index contributed by atoms with van der Waals surface area (Å²) in [6.07, 6.45) is 3.82. The molecule has 0 aliphatic carbocycles. The molecule has 11 heteroatoms. The van der Waals surface area contributed by atoms with Gasteiger partial charge in [0.1, 0.15) is 11.5 Å². The largest absolute Gasteiger partial charge is 0.497 e. The average Bonchev–Trinajstić information content (AvgIpc) is 3.58. The summed E-state index contributed by atoms with van der Waals surface area (Å²) in [7, 11) is 1.67. The number of nitrogens with two attached hydrogens (primary N) is 1. The second-order valence-electron chi connectivity index (χ2n) is 9.03. The minimum absolute atomic E-state index is 0.261. The van der Waals surface area contributed by atoms with E-state index in [2.05, 4.69) is 29.9 Å². The number of rotatable bonds is 6. The van der Waals surface area contributed by atoms with E-state index in [0.717, 1.165) is 57.1 Å². The van der Waals surface area contributed by atoms with Crippen molar-refractivity contribution in [2.24, 2.45) is 5.92 Å². The first kappa shape index (κ1) is 21.7. The van der Waals surface area contributed by atoms with Gasteiger partial charge in [0, 0.05) is 38.1 Å². The molecular weight excluding hydrogens is 448 g/mol. The number of piperidine rings is 1. The lowest BCUT2D eigenvalue weighted by Gasteiger charge is -2.46. The van der Waals surface area contributed by atoms with Crippen LogP contribution in [0.1, 0.15) is 12.8 Å². The van der Waals surface area contributed by atoms with Crippen molar-refractivity contribution >= 4 is 17.7 Å². The topological polar surface area (TPSA) is 120 Å². The Kier molecular flexibility index (Phi) is 5.61. The SMILES string of the molecule is COc1ccc(OC[C@H]2CC[C@H]3CN(c4nc(N)n5nc(-c6ccco6)nc5n4)CCN3C2)cc1. The van der Waals surface area contributed by atoms with Gasteiger partial charge in [-0.2, -0.15) is 19.5 Å². The fourth-order valence-electron chi connectivity index (χ4n) is 4.91. The van der Waals surface area contributed by atoms with Crippen molar-refractivity contribution in [2.75, 3.05) is 50.5 Å². The molecule has 1 aromatic carbocycles. The van der Waals surface area contributed by atoms with E-state index in [1.165, 1.54) is 4.52 Å². The van der Waals surface area contributed by atoms with E-state index < -0.39 is 0 Å². The summed E-state index contributed by atoms with van der Waals surface area (Å²) >= 11 is 0. The molecule has 5 heterocycles. The molecule has 2 saturated heterocycles. The van der Waals surface area contributed by atoms with Gasteiger partial charge in [-0.3, -0.25) is 4.90 Å². The third-order valence-corrected chi connectivity index (χ3v) is 6.80. The van der Waals surface area contributed by atoms with E-state index in [4.69, 9.17) is 19.6 Å². The molecule has 0 spiro atoms. The van der Waals surface area contributed by atoms with Crippen LogP contribution in [0, 0.1) is 5.92 Å². The molecule has 2 aliphatic rings. The molecule has 0 radical (unpaired) electrons. The second kappa shape index (κ2) is 9.06. The number of ether oxygens (including phenoxy) is 2. The molecule has 6 rings (SSSR count). The number of hydrogen-bond donors (Lipinski definition) is 1. The van der Waals surface area contributed by atoms with E-state index in [1.807, 2.05) is 24.3 Å². The van der Waals surface area contributed by atoms with Gasteiger partial charge in [0.2, 0.25) is 17.7 Å². The van der Waals surface area contributed by atoms with Gasteiger partial charge in [0.25, 0.3) is 5.78 Å². The molecule has 0 saturated carbocycles. The number of fused-ring (bicyclic) bond motifs is 2. The maximum Gasteiger partial charge on any atom is 0.259 e. The summed E-state index contributed by atoms with van der Waals surface area (Å²) < 4.78 is 18.1. The lowest BCUT2D eigenvalue weighted by molar-refractivity contribution is 0.0725. The van der Waals surface area contributed by atoms with Gasteiger partial charge >= 0.3 is 0 Å². The highest BCUT2D eigenvalue weighted by Gasteiger charge is 2.34. The predicted octanol–water partition coefficient (Wildman–Crippen LogP) is 2.35. The Labute approximate surface area is 202 Å². The summed E-state index contributed by atoms with van der Waals surface area (Å²) in [6.45, 7) is 4.40. The van der Waals surface area contributed by atoms with E-state index in [9.17, 15) is 0 Å². The number of aromatic nitrogens is 5. The van der Waals surface area contributed by atoms with E-state index >= 15 is 0 Å². The zero-order chi connectivity index (χ0) is 23.8. The Bertz CT molecular complexity index is 1290. The van der Waals surface area contributed by atoms with Crippen LogP contribution in [0.5, 0.6) is 11.5 Å². The number of piperazine rings is 1. The summed E-state index contributed by atoms with van der Waals surface area (Å²) in [5, 5.41) is 4.38. The maximum absolute atomic E-state index is 6.20. The quantitative estimate of drug-likeness (QED) is 0.444. The Morgan fingerprint density at radius 3 is 2.69 bits per heavy atom. The van der Waals surface area contributed by atoms with E-state index in [0.29, 0.717) is 35.3 Å². The highest BCUT2D eigenvalue weighted by Crippen LogP contribution is 2.28. The van der Waals surface area contributed by atoms with Crippen molar-refractivity contribution < 1.29 is 13.9 Å². The van der Waals surface area contributed by atoms with E-state index in [-0.39, 0.29) is 5.95 Å². The minimum Gasteiger partial charge on any atom is -0.497 e. The number of furan rings is 1. The Hall–Kier alpha value is -3.86. The smallest absolute Gasteiger partial charge is 0.259 e. The van der Waals surface area contributed by atoms with Crippen LogP contribution < -0.4 is 20.1 Å². The number of methoxy groups -OCH3 is 1. The van der Waals surface area contributed by atoms with Crippen molar-refractivity contribution in [3.05, 3.63) is 42.7 Å². The van der Waals surface area contributed by atoms with Crippen LogP contribution in [0.3, 0.4) is 0 Å². The fourth-order valence-corrected chi connectivity index (χ4v) is 4.91. The van der Waals surface area contributed by atoms with Crippen molar-refractivity contribution in [3.8, 4) is 23.1 Å². The van der Waals surface area contributed by atoms with Gasteiger partial charge in [0.15, 0.2) is 5.76 Å². The van der Waals surface area contributed by atoms with Crippen LogP contribution >= 0.6 is 0 Å². The van der Waals surface area contributed by atoms with Gasteiger partial charge in [-0.05, 0) is 49.2 Å². The predicted molar refractivity (Wildman–Crippen MR) is 129 cm³/mol. The molecule has 11 nitrogen and oxygen atoms in total. The van der Waals surface area contributed by atoms with Gasteiger partial charge in [0.05, 0.1) is 20.0 Å². The summed E-state index contributed by atoms with van der Waals surface area (Å²) in [5.74, 6) is 4.51. The number of nitrogens with zero attached hydrogens (tertiary/aromatic N) is 7. The Balaban J connectivity index is 1.09. The van der Waals surface area contributed by atoms with Crippen molar-refractivity contribution in [2.45, 2.75) is 18.9 Å². The molecular formula is C24H28N8O3. The van der Waals surface area contributed by atoms with Gasteiger partial charge in [-0.15, -0.1) is 5.10 Å². The minimum atomic E-state index is 0.261. The summed E-state index contributed by atoms with van der Waals surface area (Å²) in [6, 6.07) is 11.8. The number of benzene rings is 1. The van der Waals surface area contributed by atoms with Gasteiger partial charge in [-0.25, -0.2) is 0 Å². The fraction of sp³-hybridized carbons (Fsp3) is 0.417. The van der Waals surface area contributed by atoms with Crippen LogP contribution in [0.2, 0.25) is 0 Å². The zero-order valence-electron chi connectivity index (χ0n) is 19.6. The maximum atomic E-state index is 6.20. The van der Waals surface area contributed by atoms with Crippen LogP contribution in [0.4, 0.5) is 11.9 Å². The third-order valence-electron chi connectivity index (χ3n) is 6.80. The highest BCUT2D eigenvalue weighted by atomic mass is 16.5. The first-order chi connectivity index (χ1) is 17.2. The van der Waals surface area contributed by atoms with Crippen LogP contribution in [-0.2, 0) is 0 Å². The highest BCUT2D eigenvalue weighted by molar-refractivity contribution is 5.53. The summed E-state index contributed by atoms with van der Waals surface area (Å²) in [5.41, 5.74) is 6.20. The molecule has 2 aliphatic heterocycles. The van der Waals surface area contributed by atoms with E-state index in [1.54, 1.807) is 25.5 Å². The molecule has 0 amide bonds. The molecule has 3 aromatic heterocycles. The van der Waals surface area contributed by atoms with Crippen molar-refractivity contribution in [1.29, 1.82) is 0 Å². The molecule has 2 N–H and O–H groups in total. The zero-order valence-corrected chi connectivity index (χ0v) is 19.6. The molecule has 182 valence electrons. The third kappa shape index (κ3) is 4.34. The lowest BCUT2D eigenvalue weighted by atomic mass is 9.91. The van der Waals surface area contributed by atoms with Crippen LogP contribution in [0.15, 0.2) is 47.1 Å². The summed E-state index contributed by atoms with van der Waals surface area (Å²) in [4.78, 5) is 18.4. The molecule has 0 unspecified atom stereocenters. The monoisotopic (exact) mass is 476 g/mol. The average molecular weight is 477 g/mol. The number of nitrogen functional groups attached to an aromatic ring is 1. The van der Waals surface area contributed by atoms with Gasteiger partial charge in [-0.1, -0.05) is 0 Å². The lowest BCUT2D eigenvalue weighted by Crippen LogP contribution is -2.57. The number of hydrogen-bond acceptors (Lipinski definition) is 10. The molecule has 2 fully saturated rings.